The van der Waals surface area contributed by atoms with Gasteiger partial charge >= 0.3 is 0 Å². The zero-order valence-corrected chi connectivity index (χ0v) is 10.6. The quantitative estimate of drug-likeness (QED) is 0.511. The summed E-state index contributed by atoms with van der Waals surface area (Å²) in [5.74, 6) is 0. The van der Waals surface area contributed by atoms with E-state index in [2.05, 4.69) is 0 Å². The molecule has 2 N–H and O–H groups in total. The normalized spacial score (nSPS) is 10.3. The fourth-order valence-corrected chi connectivity index (χ4v) is 1.97. The largest absolute Gasteiger partial charge is 0.398 e. The summed E-state index contributed by atoms with van der Waals surface area (Å²) in [4.78, 5) is 10.1. The van der Waals surface area contributed by atoms with Crippen LogP contribution in [0.5, 0.6) is 0 Å². The van der Waals surface area contributed by atoms with Crippen molar-refractivity contribution < 1.29 is 4.92 Å². The topological polar surface area (TPSA) is 69.2 Å². The number of anilines is 1. The first-order chi connectivity index (χ1) is 8.49. The molecule has 0 unspecified atom stereocenters. The molecule has 0 aliphatic heterocycles. The van der Waals surface area contributed by atoms with Crippen molar-refractivity contribution in [3.8, 4) is 11.1 Å². The SMILES string of the molecule is Nc1ccc(-c2ccc([N+](=O)[O-])c(Cl)c2)cc1Cl. The number of nitro benzene ring substituents is 1. The minimum absolute atomic E-state index is 0.0884. The van der Waals surface area contributed by atoms with E-state index in [1.807, 2.05) is 0 Å². The van der Waals surface area contributed by atoms with Crippen LogP contribution < -0.4 is 5.73 Å². The number of halogens is 2. The second-order valence-corrected chi connectivity index (χ2v) is 4.47. The molecule has 92 valence electrons. The summed E-state index contributed by atoms with van der Waals surface area (Å²) in [7, 11) is 0. The first kappa shape index (κ1) is 12.7. The highest BCUT2D eigenvalue weighted by atomic mass is 35.5. The maximum atomic E-state index is 10.7. The standard InChI is InChI=1S/C12H8Cl2N2O2/c13-9-5-7(1-3-11(9)15)8-2-4-12(16(17)18)10(14)6-8/h1-6H,15H2. The lowest BCUT2D eigenvalue weighted by atomic mass is 10.1. The highest BCUT2D eigenvalue weighted by Crippen LogP contribution is 2.32. The predicted octanol–water partition coefficient (Wildman–Crippen LogP) is 4.15. The molecule has 18 heavy (non-hydrogen) atoms. The van der Waals surface area contributed by atoms with Gasteiger partial charge in [0.25, 0.3) is 5.69 Å². The van der Waals surface area contributed by atoms with Crippen molar-refractivity contribution in [2.45, 2.75) is 0 Å². The van der Waals surface area contributed by atoms with Crippen molar-refractivity contribution in [3.63, 3.8) is 0 Å². The Morgan fingerprint density at radius 3 is 2.06 bits per heavy atom. The third-order valence-corrected chi connectivity index (χ3v) is 3.11. The molecule has 0 spiro atoms. The Morgan fingerprint density at radius 2 is 1.56 bits per heavy atom. The van der Waals surface area contributed by atoms with Crippen LogP contribution in [0.1, 0.15) is 0 Å². The van der Waals surface area contributed by atoms with Gasteiger partial charge in [0, 0.05) is 6.07 Å². The van der Waals surface area contributed by atoms with E-state index in [0.29, 0.717) is 10.7 Å². The van der Waals surface area contributed by atoms with Crippen LogP contribution in [0.25, 0.3) is 11.1 Å². The van der Waals surface area contributed by atoms with Gasteiger partial charge in [-0.05, 0) is 35.4 Å². The molecular formula is C12H8Cl2N2O2. The van der Waals surface area contributed by atoms with Crippen LogP contribution in [0.2, 0.25) is 10.0 Å². The fraction of sp³-hybridized carbons (Fsp3) is 0. The summed E-state index contributed by atoms with van der Waals surface area (Å²) in [6.07, 6.45) is 0. The Balaban J connectivity index is 2.48. The van der Waals surface area contributed by atoms with Crippen LogP contribution in [0, 0.1) is 10.1 Å². The smallest absolute Gasteiger partial charge is 0.287 e. The number of rotatable bonds is 2. The van der Waals surface area contributed by atoms with Crippen LogP contribution in [-0.2, 0) is 0 Å². The third-order valence-electron chi connectivity index (χ3n) is 2.48. The van der Waals surface area contributed by atoms with E-state index in [0.717, 1.165) is 11.1 Å². The Bertz CT molecular complexity index is 629. The number of nitro groups is 1. The van der Waals surface area contributed by atoms with Crippen LogP contribution >= 0.6 is 23.2 Å². The summed E-state index contributed by atoms with van der Waals surface area (Å²) < 4.78 is 0. The molecule has 0 saturated heterocycles. The fourth-order valence-electron chi connectivity index (χ4n) is 1.54. The van der Waals surface area contributed by atoms with E-state index >= 15 is 0 Å². The number of benzene rings is 2. The van der Waals surface area contributed by atoms with Crippen molar-refractivity contribution in [2.24, 2.45) is 0 Å². The molecule has 4 nitrogen and oxygen atoms in total. The van der Waals surface area contributed by atoms with E-state index in [9.17, 15) is 10.1 Å². The van der Waals surface area contributed by atoms with E-state index in [1.54, 1.807) is 24.3 Å². The van der Waals surface area contributed by atoms with Gasteiger partial charge < -0.3 is 5.73 Å². The molecule has 0 aromatic heterocycles. The molecule has 0 atom stereocenters. The van der Waals surface area contributed by atoms with Gasteiger partial charge in [-0.3, -0.25) is 10.1 Å². The van der Waals surface area contributed by atoms with E-state index in [-0.39, 0.29) is 10.7 Å². The van der Waals surface area contributed by atoms with Crippen molar-refractivity contribution in [1.82, 2.24) is 0 Å². The van der Waals surface area contributed by atoms with E-state index in [1.165, 1.54) is 12.1 Å². The molecule has 2 rings (SSSR count). The number of hydrogen-bond acceptors (Lipinski definition) is 3. The monoisotopic (exact) mass is 282 g/mol. The van der Waals surface area contributed by atoms with Gasteiger partial charge in [0.15, 0.2) is 0 Å². The number of nitrogen functional groups attached to an aromatic ring is 1. The molecule has 0 aliphatic rings. The van der Waals surface area contributed by atoms with Crippen molar-refractivity contribution in [1.29, 1.82) is 0 Å². The lowest BCUT2D eigenvalue weighted by Crippen LogP contribution is -1.90. The molecule has 6 heteroatoms. The third kappa shape index (κ3) is 2.39. The van der Waals surface area contributed by atoms with Crippen molar-refractivity contribution >= 4 is 34.6 Å². The summed E-state index contributed by atoms with van der Waals surface area (Å²) in [6.45, 7) is 0. The highest BCUT2D eigenvalue weighted by molar-refractivity contribution is 6.33. The Morgan fingerprint density at radius 1 is 1.00 bits per heavy atom. The maximum Gasteiger partial charge on any atom is 0.287 e. The Kier molecular flexibility index (Phi) is 3.41. The molecule has 2 aromatic rings. The Hall–Kier alpha value is -1.78. The summed E-state index contributed by atoms with van der Waals surface area (Å²) in [5.41, 5.74) is 7.51. The second-order valence-electron chi connectivity index (χ2n) is 3.66. The number of nitrogens with two attached hydrogens (primary N) is 1. The van der Waals surface area contributed by atoms with Crippen molar-refractivity contribution in [2.75, 3.05) is 5.73 Å². The minimum Gasteiger partial charge on any atom is -0.398 e. The van der Waals surface area contributed by atoms with Crippen LogP contribution in [0.15, 0.2) is 36.4 Å². The number of hydrogen-bond donors (Lipinski definition) is 1. The van der Waals surface area contributed by atoms with E-state index in [4.69, 9.17) is 28.9 Å². The molecule has 0 saturated carbocycles. The molecule has 2 aromatic carbocycles. The van der Waals surface area contributed by atoms with E-state index < -0.39 is 4.92 Å². The Labute approximate surface area is 113 Å². The zero-order chi connectivity index (χ0) is 13.3. The van der Waals surface area contributed by atoms with Gasteiger partial charge in [-0.1, -0.05) is 29.3 Å². The molecule has 0 heterocycles. The summed E-state index contributed by atoms with van der Waals surface area (Å²) in [6, 6.07) is 9.65. The summed E-state index contributed by atoms with van der Waals surface area (Å²) in [5, 5.41) is 11.2. The molecule has 0 amide bonds. The molecular weight excluding hydrogens is 275 g/mol. The number of nitrogens with zero attached hydrogens (tertiary/aromatic N) is 1. The van der Waals surface area contributed by atoms with Gasteiger partial charge in [0.05, 0.1) is 15.6 Å². The molecule has 0 bridgehead atoms. The van der Waals surface area contributed by atoms with Crippen LogP contribution in [0.4, 0.5) is 11.4 Å². The van der Waals surface area contributed by atoms with Crippen molar-refractivity contribution in [3.05, 3.63) is 56.6 Å². The van der Waals surface area contributed by atoms with Crippen LogP contribution in [-0.4, -0.2) is 4.92 Å². The minimum atomic E-state index is -0.526. The average molecular weight is 283 g/mol. The summed E-state index contributed by atoms with van der Waals surface area (Å²) >= 11 is 11.8. The first-order valence-corrected chi connectivity index (χ1v) is 5.74. The first-order valence-electron chi connectivity index (χ1n) is 4.98. The highest BCUT2D eigenvalue weighted by Gasteiger charge is 2.13. The lowest BCUT2D eigenvalue weighted by Gasteiger charge is -2.05. The van der Waals surface area contributed by atoms with Gasteiger partial charge in [-0.25, -0.2) is 0 Å². The predicted molar refractivity (Wildman–Crippen MR) is 73.0 cm³/mol. The van der Waals surface area contributed by atoms with Gasteiger partial charge in [-0.2, -0.15) is 0 Å². The molecule has 0 fully saturated rings. The molecule has 0 aliphatic carbocycles. The average Bonchev–Trinajstić information content (AvgIpc) is 2.32. The van der Waals surface area contributed by atoms with Gasteiger partial charge in [-0.15, -0.1) is 0 Å². The second kappa shape index (κ2) is 4.84. The van der Waals surface area contributed by atoms with Gasteiger partial charge in [0.1, 0.15) is 5.02 Å². The van der Waals surface area contributed by atoms with Crippen LogP contribution in [0.3, 0.4) is 0 Å². The maximum absolute atomic E-state index is 10.7. The lowest BCUT2D eigenvalue weighted by molar-refractivity contribution is -0.384. The van der Waals surface area contributed by atoms with Gasteiger partial charge in [0.2, 0.25) is 0 Å². The zero-order valence-electron chi connectivity index (χ0n) is 9.06. The molecule has 0 radical (unpaired) electrons.